The van der Waals surface area contributed by atoms with Gasteiger partial charge in [0.1, 0.15) is 18.3 Å². The third-order valence-corrected chi connectivity index (χ3v) is 5.22. The summed E-state index contributed by atoms with van der Waals surface area (Å²) in [5.41, 5.74) is 3.03. The van der Waals surface area contributed by atoms with Gasteiger partial charge >= 0.3 is 0 Å². The first kappa shape index (κ1) is 21.7. The maximum absolute atomic E-state index is 14.8. The van der Waals surface area contributed by atoms with E-state index >= 15 is 0 Å². The Kier molecular flexibility index (Phi) is 7.80. The summed E-state index contributed by atoms with van der Waals surface area (Å²) in [4.78, 5) is 0. The van der Waals surface area contributed by atoms with E-state index in [1.165, 1.54) is 0 Å². The van der Waals surface area contributed by atoms with E-state index in [0.717, 1.165) is 16.7 Å². The zero-order chi connectivity index (χ0) is 21.3. The molecule has 162 valence electrons. The molecule has 0 N–H and O–H groups in total. The van der Waals surface area contributed by atoms with Crippen LogP contribution in [0.4, 0.5) is 4.39 Å². The van der Waals surface area contributed by atoms with Crippen LogP contribution < -0.4 is 0 Å². The Bertz CT molecular complexity index is 891. The van der Waals surface area contributed by atoms with Crippen LogP contribution in [-0.4, -0.2) is 31.3 Å². The second-order valence-corrected chi connectivity index (χ2v) is 7.55. The van der Waals surface area contributed by atoms with Gasteiger partial charge in [-0.3, -0.25) is 0 Å². The highest BCUT2D eigenvalue weighted by molar-refractivity contribution is 5.15. The normalized spacial score (nSPS) is 23.1. The quantitative estimate of drug-likeness (QED) is 0.457. The highest BCUT2D eigenvalue weighted by atomic mass is 19.1. The first-order chi connectivity index (χ1) is 15.3. The van der Waals surface area contributed by atoms with Crippen molar-refractivity contribution in [2.24, 2.45) is 0 Å². The van der Waals surface area contributed by atoms with Gasteiger partial charge in [-0.2, -0.15) is 0 Å². The average Bonchev–Trinajstić information content (AvgIpc) is 3.12. The largest absolute Gasteiger partial charge is 0.374 e. The van der Waals surface area contributed by atoms with Gasteiger partial charge in [-0.25, -0.2) is 4.39 Å². The zero-order valence-corrected chi connectivity index (χ0v) is 17.3. The van der Waals surface area contributed by atoms with Crippen LogP contribution in [0.2, 0.25) is 0 Å². The number of benzene rings is 3. The molecule has 0 bridgehead atoms. The Morgan fingerprint density at radius 1 is 0.613 bits per heavy atom. The van der Waals surface area contributed by atoms with Gasteiger partial charge < -0.3 is 18.9 Å². The average molecular weight is 422 g/mol. The van der Waals surface area contributed by atoms with Crippen LogP contribution >= 0.6 is 0 Å². The Morgan fingerprint density at radius 3 is 1.58 bits per heavy atom. The molecular weight excluding hydrogens is 395 g/mol. The van der Waals surface area contributed by atoms with Crippen LogP contribution in [0.5, 0.6) is 0 Å². The van der Waals surface area contributed by atoms with Crippen molar-refractivity contribution in [3.8, 4) is 0 Å². The standard InChI is InChI=1S/C26H27FO4/c27-26-25(30-18-22-14-8-3-9-15-22)24(29-17-21-12-6-2-7-13-21)23(31-26)19-28-16-20-10-4-1-5-11-20/h1-15,23-26H,16-19H2. The SMILES string of the molecule is FC1OC(COCc2ccccc2)C(OCc2ccccc2)C1OCc1ccccc1. The molecule has 31 heavy (non-hydrogen) atoms. The van der Waals surface area contributed by atoms with Gasteiger partial charge in [0.2, 0.25) is 6.36 Å². The third-order valence-electron chi connectivity index (χ3n) is 5.22. The van der Waals surface area contributed by atoms with Crippen LogP contribution in [0.15, 0.2) is 91.0 Å². The molecule has 0 amide bonds. The van der Waals surface area contributed by atoms with Gasteiger partial charge in [0, 0.05) is 0 Å². The lowest BCUT2D eigenvalue weighted by molar-refractivity contribution is -0.110. The van der Waals surface area contributed by atoms with Crippen LogP contribution in [0.25, 0.3) is 0 Å². The van der Waals surface area contributed by atoms with E-state index in [2.05, 4.69) is 0 Å². The van der Waals surface area contributed by atoms with Gasteiger partial charge in [-0.15, -0.1) is 0 Å². The van der Waals surface area contributed by atoms with E-state index in [9.17, 15) is 4.39 Å². The molecule has 0 aliphatic carbocycles. The maximum atomic E-state index is 14.8. The molecule has 3 aromatic carbocycles. The molecule has 5 heteroatoms. The Labute approximate surface area is 182 Å². The summed E-state index contributed by atoms with van der Waals surface area (Å²) in [5, 5.41) is 0. The summed E-state index contributed by atoms with van der Waals surface area (Å²) < 4.78 is 38.2. The summed E-state index contributed by atoms with van der Waals surface area (Å²) in [5.74, 6) is 0. The van der Waals surface area contributed by atoms with Crippen molar-refractivity contribution in [2.45, 2.75) is 44.5 Å². The molecule has 1 aliphatic rings. The molecule has 4 rings (SSSR count). The smallest absolute Gasteiger partial charge is 0.228 e. The fourth-order valence-corrected chi connectivity index (χ4v) is 3.59. The highest BCUT2D eigenvalue weighted by Gasteiger charge is 2.47. The van der Waals surface area contributed by atoms with E-state index in [-0.39, 0.29) is 13.2 Å². The van der Waals surface area contributed by atoms with Gasteiger partial charge in [-0.1, -0.05) is 91.0 Å². The summed E-state index contributed by atoms with van der Waals surface area (Å²) in [6.45, 7) is 1.29. The summed E-state index contributed by atoms with van der Waals surface area (Å²) in [6.07, 6.45) is -3.53. The Morgan fingerprint density at radius 2 is 1.06 bits per heavy atom. The van der Waals surface area contributed by atoms with Crippen LogP contribution in [0, 0.1) is 0 Å². The number of halogens is 1. The molecule has 4 unspecified atom stereocenters. The second kappa shape index (κ2) is 11.2. The zero-order valence-electron chi connectivity index (χ0n) is 17.3. The molecule has 1 heterocycles. The van der Waals surface area contributed by atoms with Crippen LogP contribution in [0.1, 0.15) is 16.7 Å². The Balaban J connectivity index is 1.39. The minimum absolute atomic E-state index is 0.222. The molecule has 4 nitrogen and oxygen atoms in total. The maximum Gasteiger partial charge on any atom is 0.228 e. The number of hydrogen-bond acceptors (Lipinski definition) is 4. The minimum atomic E-state index is -1.57. The van der Waals surface area contributed by atoms with Crippen molar-refractivity contribution >= 4 is 0 Å². The molecule has 0 radical (unpaired) electrons. The molecule has 0 spiro atoms. The summed E-state index contributed by atoms with van der Waals surface area (Å²) in [7, 11) is 0. The van der Waals surface area contributed by atoms with Crippen molar-refractivity contribution < 1.29 is 23.3 Å². The topological polar surface area (TPSA) is 36.9 Å². The molecule has 3 aromatic rings. The molecule has 1 aliphatic heterocycles. The van der Waals surface area contributed by atoms with Gasteiger partial charge in [0.15, 0.2) is 0 Å². The van der Waals surface area contributed by atoms with E-state index in [0.29, 0.717) is 13.2 Å². The lowest BCUT2D eigenvalue weighted by atomic mass is 10.1. The van der Waals surface area contributed by atoms with Gasteiger partial charge in [0.25, 0.3) is 0 Å². The number of alkyl halides is 1. The number of ether oxygens (including phenoxy) is 4. The first-order valence-corrected chi connectivity index (χ1v) is 10.5. The fourth-order valence-electron chi connectivity index (χ4n) is 3.59. The molecule has 0 saturated carbocycles. The third kappa shape index (κ3) is 6.21. The van der Waals surface area contributed by atoms with Crippen molar-refractivity contribution in [1.29, 1.82) is 0 Å². The molecule has 1 fully saturated rings. The summed E-state index contributed by atoms with van der Waals surface area (Å²) in [6, 6.07) is 29.4. The van der Waals surface area contributed by atoms with E-state index in [1.54, 1.807) is 0 Å². The molecule has 1 saturated heterocycles. The minimum Gasteiger partial charge on any atom is -0.374 e. The number of rotatable bonds is 10. The van der Waals surface area contributed by atoms with Crippen molar-refractivity contribution in [2.75, 3.05) is 6.61 Å². The molecular formula is C26H27FO4. The molecule has 4 atom stereocenters. The fraction of sp³-hybridized carbons (Fsp3) is 0.308. The highest BCUT2D eigenvalue weighted by Crippen LogP contribution is 2.29. The molecule has 0 aromatic heterocycles. The predicted molar refractivity (Wildman–Crippen MR) is 116 cm³/mol. The number of hydrogen-bond donors (Lipinski definition) is 0. The summed E-state index contributed by atoms with van der Waals surface area (Å²) >= 11 is 0. The van der Waals surface area contributed by atoms with E-state index in [1.807, 2.05) is 91.0 Å². The van der Waals surface area contributed by atoms with Gasteiger partial charge in [-0.05, 0) is 16.7 Å². The lowest BCUT2D eigenvalue weighted by Gasteiger charge is -2.23. The first-order valence-electron chi connectivity index (χ1n) is 10.5. The Hall–Kier alpha value is -2.57. The monoisotopic (exact) mass is 422 g/mol. The van der Waals surface area contributed by atoms with Crippen molar-refractivity contribution in [3.05, 3.63) is 108 Å². The lowest BCUT2D eigenvalue weighted by Crippen LogP contribution is -2.38. The van der Waals surface area contributed by atoms with Crippen LogP contribution in [0.3, 0.4) is 0 Å². The predicted octanol–water partition coefficient (Wildman–Crippen LogP) is 5.07. The van der Waals surface area contributed by atoms with Crippen molar-refractivity contribution in [1.82, 2.24) is 0 Å². The van der Waals surface area contributed by atoms with E-state index in [4.69, 9.17) is 18.9 Å². The van der Waals surface area contributed by atoms with E-state index < -0.39 is 24.7 Å². The van der Waals surface area contributed by atoms with Crippen molar-refractivity contribution in [3.63, 3.8) is 0 Å². The van der Waals surface area contributed by atoms with Gasteiger partial charge in [0.05, 0.1) is 26.4 Å². The van der Waals surface area contributed by atoms with Crippen LogP contribution in [-0.2, 0) is 38.8 Å². The second-order valence-electron chi connectivity index (χ2n) is 7.55.